The Morgan fingerprint density at radius 2 is 1.33 bits per heavy atom. The van der Waals surface area contributed by atoms with Gasteiger partial charge >= 0.3 is 0 Å². The van der Waals surface area contributed by atoms with Gasteiger partial charge in [-0.05, 0) is 0 Å². The van der Waals surface area contributed by atoms with Crippen LogP contribution < -0.4 is 0 Å². The minimum absolute atomic E-state index is 0.229. The predicted molar refractivity (Wildman–Crippen MR) is 28.6 cm³/mol. The lowest BCUT2D eigenvalue weighted by molar-refractivity contribution is 0.0522. The summed E-state index contributed by atoms with van der Waals surface area (Å²) in [4.78, 5) is 0. The summed E-state index contributed by atoms with van der Waals surface area (Å²) in [6, 6.07) is 0. The highest BCUT2D eigenvalue weighted by Gasteiger charge is 2.10. The molecule has 2 N–H and O–H groups in total. The zero-order chi connectivity index (χ0) is 7.28. The number of aliphatic hydroxyl groups excluding tert-OH is 2. The zero-order valence-corrected chi connectivity index (χ0v) is 4.93. The van der Waals surface area contributed by atoms with Gasteiger partial charge in [-0.2, -0.15) is 0 Å². The third-order valence-corrected chi connectivity index (χ3v) is 0.900. The first-order chi connectivity index (χ1) is 4.20. The Labute approximate surface area is 52.1 Å². The monoisotopic (exact) mass is 140 g/mol. The second-order valence-electron chi connectivity index (χ2n) is 1.85. The van der Waals surface area contributed by atoms with E-state index in [4.69, 9.17) is 10.2 Å². The van der Waals surface area contributed by atoms with E-state index >= 15 is 0 Å². The molecule has 4 heteroatoms. The normalized spacial score (nSPS) is 17.3. The van der Waals surface area contributed by atoms with Gasteiger partial charge in [-0.1, -0.05) is 0 Å². The van der Waals surface area contributed by atoms with E-state index in [1.165, 1.54) is 0 Å². The summed E-state index contributed by atoms with van der Waals surface area (Å²) in [5.74, 6) is 0. The molecule has 0 heterocycles. The first-order valence-electron chi connectivity index (χ1n) is 2.68. The molecule has 0 aliphatic heterocycles. The Morgan fingerprint density at radius 3 is 1.56 bits per heavy atom. The highest BCUT2D eigenvalue weighted by atomic mass is 19.1. The van der Waals surface area contributed by atoms with Crippen LogP contribution >= 0.6 is 0 Å². The maximum absolute atomic E-state index is 11.4. The van der Waals surface area contributed by atoms with Gasteiger partial charge < -0.3 is 10.2 Å². The van der Waals surface area contributed by atoms with Crippen molar-refractivity contribution in [3.05, 3.63) is 0 Å². The van der Waals surface area contributed by atoms with Crippen molar-refractivity contribution in [2.45, 2.75) is 18.6 Å². The fourth-order valence-electron chi connectivity index (χ4n) is 0.440. The summed E-state index contributed by atoms with van der Waals surface area (Å²) in [7, 11) is 0. The summed E-state index contributed by atoms with van der Waals surface area (Å²) >= 11 is 0. The van der Waals surface area contributed by atoms with Gasteiger partial charge in [0.25, 0.3) is 0 Å². The fourth-order valence-corrected chi connectivity index (χ4v) is 0.440. The molecule has 0 saturated carbocycles. The second-order valence-corrected chi connectivity index (χ2v) is 1.85. The van der Waals surface area contributed by atoms with Crippen molar-refractivity contribution in [3.63, 3.8) is 0 Å². The molecule has 0 bridgehead atoms. The van der Waals surface area contributed by atoms with Crippen LogP contribution in [0.25, 0.3) is 0 Å². The molecule has 9 heavy (non-hydrogen) atoms. The molecule has 2 atom stereocenters. The average molecular weight is 140 g/mol. The topological polar surface area (TPSA) is 40.5 Å². The van der Waals surface area contributed by atoms with Crippen molar-refractivity contribution in [3.8, 4) is 0 Å². The molecule has 2 unspecified atom stereocenters. The van der Waals surface area contributed by atoms with Crippen molar-refractivity contribution < 1.29 is 19.0 Å². The van der Waals surface area contributed by atoms with Crippen LogP contribution in [0.5, 0.6) is 0 Å². The number of aliphatic hydroxyl groups is 2. The Hall–Kier alpha value is -0.220. The van der Waals surface area contributed by atoms with E-state index in [2.05, 4.69) is 0 Å². The zero-order valence-electron chi connectivity index (χ0n) is 4.93. The lowest BCUT2D eigenvalue weighted by atomic mass is 10.2. The highest BCUT2D eigenvalue weighted by Crippen LogP contribution is 1.98. The van der Waals surface area contributed by atoms with E-state index in [1.54, 1.807) is 0 Å². The van der Waals surface area contributed by atoms with Crippen molar-refractivity contribution in [2.24, 2.45) is 0 Å². The lowest BCUT2D eigenvalue weighted by Gasteiger charge is -2.08. The van der Waals surface area contributed by atoms with Gasteiger partial charge in [0.05, 0.1) is 12.2 Å². The van der Waals surface area contributed by atoms with E-state index in [9.17, 15) is 8.78 Å². The highest BCUT2D eigenvalue weighted by molar-refractivity contribution is 4.60. The third kappa shape index (κ3) is 4.29. The molecule has 0 spiro atoms. The van der Waals surface area contributed by atoms with Crippen LogP contribution in [0.1, 0.15) is 6.42 Å². The minimum atomic E-state index is -1.23. The minimum Gasteiger partial charge on any atom is -0.390 e. The third-order valence-electron chi connectivity index (χ3n) is 0.900. The van der Waals surface area contributed by atoms with Crippen LogP contribution in [0.4, 0.5) is 8.78 Å². The van der Waals surface area contributed by atoms with Gasteiger partial charge in [0.15, 0.2) is 0 Å². The Kier molecular flexibility index (Phi) is 4.53. The fraction of sp³-hybridized carbons (Fsp3) is 1.00. The average Bonchev–Trinajstić information content (AvgIpc) is 1.87. The smallest absolute Gasteiger partial charge is 0.115 e. The number of alkyl halides is 2. The van der Waals surface area contributed by atoms with Crippen molar-refractivity contribution in [2.75, 3.05) is 13.3 Å². The van der Waals surface area contributed by atoms with Gasteiger partial charge in [-0.15, -0.1) is 0 Å². The molecule has 0 amide bonds. The van der Waals surface area contributed by atoms with Crippen LogP contribution in [-0.4, -0.2) is 35.8 Å². The van der Waals surface area contributed by atoms with Gasteiger partial charge in [0.2, 0.25) is 0 Å². The molecule has 0 aliphatic carbocycles. The number of rotatable bonds is 4. The first-order valence-corrected chi connectivity index (χ1v) is 2.68. The molecule has 0 aromatic heterocycles. The number of hydrogen-bond acceptors (Lipinski definition) is 2. The Morgan fingerprint density at radius 1 is 1.00 bits per heavy atom. The van der Waals surface area contributed by atoms with Crippen molar-refractivity contribution in [1.29, 1.82) is 0 Å². The largest absolute Gasteiger partial charge is 0.390 e. The predicted octanol–water partition coefficient (Wildman–Crippen LogP) is 0.0373. The van der Waals surface area contributed by atoms with Gasteiger partial charge in [0, 0.05) is 6.42 Å². The first kappa shape index (κ1) is 8.78. The molecule has 0 saturated heterocycles. The molecule has 0 aromatic carbocycles. The molecule has 2 nitrogen and oxygen atoms in total. The molecule has 0 radical (unpaired) electrons. The van der Waals surface area contributed by atoms with Gasteiger partial charge in [0.1, 0.15) is 13.3 Å². The van der Waals surface area contributed by atoms with E-state index < -0.39 is 25.6 Å². The van der Waals surface area contributed by atoms with E-state index in [0.29, 0.717) is 0 Å². The molecule has 0 aliphatic rings. The van der Waals surface area contributed by atoms with E-state index in [-0.39, 0.29) is 6.42 Å². The van der Waals surface area contributed by atoms with Gasteiger partial charge in [-0.25, -0.2) is 8.78 Å². The van der Waals surface area contributed by atoms with Crippen molar-refractivity contribution >= 4 is 0 Å². The summed E-state index contributed by atoms with van der Waals surface area (Å²) in [5.41, 5.74) is 0. The second kappa shape index (κ2) is 4.64. The van der Waals surface area contributed by atoms with Crippen LogP contribution in [0, 0.1) is 0 Å². The van der Waals surface area contributed by atoms with Crippen LogP contribution in [0.2, 0.25) is 0 Å². The quantitative estimate of drug-likeness (QED) is 0.578. The number of halogens is 2. The lowest BCUT2D eigenvalue weighted by Crippen LogP contribution is -2.20. The maximum atomic E-state index is 11.4. The number of hydrogen-bond donors (Lipinski definition) is 2. The molecular formula is C5H10F2O2. The van der Waals surface area contributed by atoms with Crippen LogP contribution in [0.3, 0.4) is 0 Å². The molecular weight excluding hydrogens is 130 g/mol. The molecule has 0 aromatic rings. The molecule has 0 rings (SSSR count). The maximum Gasteiger partial charge on any atom is 0.115 e. The standard InChI is InChI=1S/C5H10F2O2/c6-2-4(8)1-5(9)3-7/h4-5,8-9H,1-3H2. The van der Waals surface area contributed by atoms with E-state index in [1.807, 2.05) is 0 Å². The summed E-state index contributed by atoms with van der Waals surface area (Å²) in [5, 5.41) is 16.9. The van der Waals surface area contributed by atoms with Gasteiger partial charge in [-0.3, -0.25) is 0 Å². The summed E-state index contributed by atoms with van der Waals surface area (Å²) in [6.07, 6.45) is -2.68. The SMILES string of the molecule is OC(CF)CC(O)CF. The summed E-state index contributed by atoms with van der Waals surface area (Å²) in [6.45, 7) is -1.87. The van der Waals surface area contributed by atoms with Crippen LogP contribution in [0.15, 0.2) is 0 Å². The molecule has 56 valence electrons. The van der Waals surface area contributed by atoms with Crippen molar-refractivity contribution in [1.82, 2.24) is 0 Å². The van der Waals surface area contributed by atoms with E-state index in [0.717, 1.165) is 0 Å². The molecule has 0 fully saturated rings. The Bertz CT molecular complexity index is 62.0. The summed E-state index contributed by atoms with van der Waals surface area (Å²) < 4.78 is 22.8. The Balaban J connectivity index is 3.22. The van der Waals surface area contributed by atoms with Crippen LogP contribution in [-0.2, 0) is 0 Å².